The van der Waals surface area contributed by atoms with Crippen molar-refractivity contribution in [2.24, 2.45) is 0 Å². The normalized spacial score (nSPS) is 11.6. The molecule has 70 heavy (non-hydrogen) atoms. The van der Waals surface area contributed by atoms with Crippen molar-refractivity contribution in [1.82, 2.24) is 29.0 Å². The smallest absolute Gasteiger partial charge is 0.404 e. The van der Waals surface area contributed by atoms with Crippen LogP contribution in [-0.4, -0.2) is 42.8 Å². The van der Waals surface area contributed by atoms with Crippen molar-refractivity contribution in [3.05, 3.63) is 194 Å². The van der Waals surface area contributed by atoms with E-state index in [0.717, 1.165) is 24.3 Å². The first-order valence-corrected chi connectivity index (χ1v) is 24.4. The van der Waals surface area contributed by atoms with Crippen LogP contribution in [0.1, 0.15) is 22.5 Å². The van der Waals surface area contributed by atoms with Gasteiger partial charge in [0, 0.05) is 21.2 Å². The number of nitrogens with one attached hydrogen (secondary N) is 2. The average molecular weight is 1070 g/mol. The third-order valence-corrected chi connectivity index (χ3v) is 13.9. The van der Waals surface area contributed by atoms with E-state index in [1.54, 1.807) is 97.1 Å². The predicted octanol–water partition coefficient (Wildman–Crippen LogP) is 11.4. The lowest BCUT2D eigenvalue weighted by Gasteiger charge is -2.13. The van der Waals surface area contributed by atoms with Crippen molar-refractivity contribution in [2.45, 2.75) is 29.2 Å². The Hall–Kier alpha value is -6.78. The molecule has 0 spiro atoms. The molecule has 0 saturated heterocycles. The maximum atomic E-state index is 14.0. The summed E-state index contributed by atoms with van der Waals surface area (Å²) >= 11 is 24.8. The van der Waals surface area contributed by atoms with E-state index in [4.69, 9.17) is 46.4 Å². The molecule has 23 heteroatoms. The minimum Gasteiger partial charge on any atom is -0.404 e. The second kappa shape index (κ2) is 21.5. The van der Waals surface area contributed by atoms with Crippen LogP contribution < -0.4 is 14.2 Å². The highest BCUT2D eigenvalue weighted by Gasteiger charge is 2.34. The molecule has 0 radical (unpaired) electrons. The van der Waals surface area contributed by atoms with Crippen molar-refractivity contribution in [2.75, 3.05) is 0 Å². The summed E-state index contributed by atoms with van der Waals surface area (Å²) in [5, 5.41) is 30.5. The minimum absolute atomic E-state index is 0.0187. The molecule has 8 aromatic rings. The Morgan fingerprint density at radius 3 is 1.36 bits per heavy atom. The van der Waals surface area contributed by atoms with Crippen LogP contribution in [0.4, 0.5) is 17.6 Å². The Kier molecular flexibility index (Phi) is 15.7. The number of sulfonamides is 2. The average Bonchev–Trinajstić information content (AvgIpc) is 3.89. The number of rotatable bonds is 13. The van der Waals surface area contributed by atoms with E-state index >= 15 is 0 Å². The van der Waals surface area contributed by atoms with Gasteiger partial charge in [0.25, 0.3) is 0 Å². The van der Waals surface area contributed by atoms with Gasteiger partial charge in [-0.05, 0) is 72.8 Å². The Morgan fingerprint density at radius 2 is 0.943 bits per heavy atom. The molecule has 0 aliphatic heterocycles. The number of nitriles is 2. The lowest BCUT2D eigenvalue weighted by molar-refractivity contribution is -0.275. The fourth-order valence-corrected chi connectivity index (χ4v) is 9.64. The molecule has 2 aromatic heterocycles. The molecule has 0 saturated carbocycles. The number of alkyl halides is 3. The van der Waals surface area contributed by atoms with E-state index in [0.29, 0.717) is 54.0 Å². The topological polar surface area (TPSA) is 185 Å². The van der Waals surface area contributed by atoms with E-state index < -0.39 is 54.3 Å². The molecule has 2 N–H and O–H groups in total. The first-order chi connectivity index (χ1) is 33.3. The highest BCUT2D eigenvalue weighted by atomic mass is 35.5. The maximum absolute atomic E-state index is 14.0. The van der Waals surface area contributed by atoms with Gasteiger partial charge in [0.2, 0.25) is 20.0 Å². The lowest BCUT2D eigenvalue weighted by Crippen LogP contribution is -2.26. The molecule has 2 heterocycles. The molecule has 0 amide bonds. The van der Waals surface area contributed by atoms with Crippen molar-refractivity contribution in [1.29, 1.82) is 10.5 Å². The zero-order valence-electron chi connectivity index (χ0n) is 35.3. The molecule has 0 unspecified atom stereocenters. The van der Waals surface area contributed by atoms with Crippen molar-refractivity contribution < 1.29 is 39.1 Å². The van der Waals surface area contributed by atoms with Gasteiger partial charge in [-0.15, -0.1) is 13.2 Å². The molecule has 0 aliphatic carbocycles. The number of halogens is 8. The Bertz CT molecular complexity index is 3550. The Morgan fingerprint density at radius 1 is 0.557 bits per heavy atom. The molecule has 0 aliphatic rings. The van der Waals surface area contributed by atoms with Crippen molar-refractivity contribution in [3.8, 4) is 51.8 Å². The first kappa shape index (κ1) is 51.1. The molecule has 8 rings (SSSR count). The highest BCUT2D eigenvalue weighted by Crippen LogP contribution is 2.35. The van der Waals surface area contributed by atoms with Crippen LogP contribution in [-0.2, 0) is 33.1 Å². The Balaban J connectivity index is 0.000000208. The van der Waals surface area contributed by atoms with E-state index in [1.165, 1.54) is 33.6 Å². The predicted molar refractivity (Wildman–Crippen MR) is 255 cm³/mol. The number of benzene rings is 6. The van der Waals surface area contributed by atoms with Crippen LogP contribution in [0.15, 0.2) is 155 Å². The summed E-state index contributed by atoms with van der Waals surface area (Å²) in [4.78, 5) is -1.22. The Labute approximate surface area is 417 Å². The van der Waals surface area contributed by atoms with Crippen LogP contribution in [0.2, 0.25) is 20.1 Å². The van der Waals surface area contributed by atoms with Gasteiger partial charge in [0.05, 0.1) is 57.3 Å². The van der Waals surface area contributed by atoms with Crippen LogP contribution in [0.25, 0.3) is 33.9 Å². The van der Waals surface area contributed by atoms with Gasteiger partial charge in [-0.1, -0.05) is 119 Å². The van der Waals surface area contributed by atoms with Gasteiger partial charge in [-0.25, -0.2) is 40.0 Å². The first-order valence-electron chi connectivity index (χ1n) is 20.0. The van der Waals surface area contributed by atoms with Crippen LogP contribution in [0.3, 0.4) is 0 Å². The van der Waals surface area contributed by atoms with E-state index in [-0.39, 0.29) is 29.1 Å². The summed E-state index contributed by atoms with van der Waals surface area (Å²) in [6.07, 6.45) is -5.10. The lowest BCUT2D eigenvalue weighted by atomic mass is 10.1. The number of ether oxygens (including phenoxy) is 1. The summed E-state index contributed by atoms with van der Waals surface area (Å²) in [6.45, 7) is -0.846. The van der Waals surface area contributed by atoms with Gasteiger partial charge < -0.3 is 4.74 Å². The third kappa shape index (κ3) is 11.6. The maximum Gasteiger partial charge on any atom is 0.573 e. The molecule has 0 bridgehead atoms. The largest absolute Gasteiger partial charge is 0.573 e. The number of nitrogens with zero attached hydrogens (tertiary/aromatic N) is 6. The summed E-state index contributed by atoms with van der Waals surface area (Å²) in [7, 11) is -8.70. The molecule has 0 fully saturated rings. The quantitative estimate of drug-likeness (QED) is 0.106. The summed E-state index contributed by atoms with van der Waals surface area (Å²) in [5.74, 6) is -1.78. The molecular weight excluding hydrogens is 1040 g/mol. The third-order valence-electron chi connectivity index (χ3n) is 9.89. The fourth-order valence-electron chi connectivity index (χ4n) is 6.78. The zero-order chi connectivity index (χ0) is 50.4. The van der Waals surface area contributed by atoms with Gasteiger partial charge in [-0.3, -0.25) is 0 Å². The molecule has 356 valence electrons. The number of hydrogen-bond acceptors (Lipinski definition) is 9. The van der Waals surface area contributed by atoms with Gasteiger partial charge >= 0.3 is 6.36 Å². The van der Waals surface area contributed by atoms with E-state index in [2.05, 4.69) is 30.4 Å². The van der Waals surface area contributed by atoms with E-state index in [1.807, 2.05) is 6.07 Å². The van der Waals surface area contributed by atoms with Crippen LogP contribution >= 0.6 is 46.4 Å². The molecule has 13 nitrogen and oxygen atoms in total. The van der Waals surface area contributed by atoms with Gasteiger partial charge in [0.1, 0.15) is 44.6 Å². The minimum atomic E-state index is -5.10. The number of para-hydroxylation sites is 3. The highest BCUT2D eigenvalue weighted by molar-refractivity contribution is 7.89. The molecular formula is C47H30Cl4F4N8O5S2. The summed E-state index contributed by atoms with van der Waals surface area (Å²) in [6, 6.07) is 40.4. The monoisotopic (exact) mass is 1070 g/mol. The SMILES string of the molecule is N#Cc1c(CNS(=O)(=O)c2ccccc2F)nn(-c2ccccc2Cl)c1-c1ccc(Cl)cc1.N#Cc1c(CNS(=O)(=O)c2ccccc2OC(F)(F)F)nn(-c2ccccc2Cl)c1-c1ccc(Cl)cc1. The van der Waals surface area contributed by atoms with Crippen molar-refractivity contribution >= 4 is 66.5 Å². The molecule has 6 aromatic carbocycles. The standard InChI is InChI=1S/C24H15Cl2F3N4O3S.C23H15Cl2FN4O2S/c25-16-11-9-15(10-12-16)23-17(13-30)19(32-33(23)20-6-2-1-5-18(20)26)14-31-37(34,35)22-8-4-3-7-21(22)36-24(27,28)29;24-16-11-9-15(10-12-16)23-17(13-27)20(29-30(23)21-7-3-1-5-18(21)25)14-28-33(31,32)22-8-4-2-6-19(22)26/h1-12,31H,14H2;1-12,28H,14H2. The number of hydrogen-bond donors (Lipinski definition) is 2. The van der Waals surface area contributed by atoms with E-state index in [9.17, 15) is 44.9 Å². The number of aromatic nitrogens is 4. The second-order valence-electron chi connectivity index (χ2n) is 14.4. The fraction of sp³-hybridized carbons (Fsp3) is 0.0638. The van der Waals surface area contributed by atoms with Crippen LogP contribution in [0.5, 0.6) is 5.75 Å². The zero-order valence-corrected chi connectivity index (χ0v) is 40.0. The summed E-state index contributed by atoms with van der Waals surface area (Å²) < 4.78 is 115. The van der Waals surface area contributed by atoms with Gasteiger partial charge in [0.15, 0.2) is 0 Å². The molecule has 0 atom stereocenters. The van der Waals surface area contributed by atoms with Crippen molar-refractivity contribution in [3.63, 3.8) is 0 Å². The van der Waals surface area contributed by atoms with Gasteiger partial charge in [-0.2, -0.15) is 20.7 Å². The second-order valence-corrected chi connectivity index (χ2v) is 19.5. The summed E-state index contributed by atoms with van der Waals surface area (Å²) in [5.41, 5.74) is 3.20. The van der Waals surface area contributed by atoms with Crippen LogP contribution in [0, 0.1) is 28.5 Å².